The Morgan fingerprint density at radius 3 is 2.63 bits per heavy atom. The summed E-state index contributed by atoms with van der Waals surface area (Å²) in [5.41, 5.74) is 3.37. The zero-order valence-corrected chi connectivity index (χ0v) is 16.2. The number of hydrogen-bond acceptors (Lipinski definition) is 5. The van der Waals surface area contributed by atoms with Crippen LogP contribution in [0, 0.1) is 0 Å². The number of carboxylic acids is 1. The Hall–Kier alpha value is -2.18. The van der Waals surface area contributed by atoms with Crippen LogP contribution in [0.4, 0.5) is 11.6 Å². The predicted molar refractivity (Wildman–Crippen MR) is 107 cm³/mol. The van der Waals surface area contributed by atoms with Crippen molar-refractivity contribution in [2.75, 3.05) is 5.32 Å². The van der Waals surface area contributed by atoms with Crippen molar-refractivity contribution in [3.63, 3.8) is 0 Å². The summed E-state index contributed by atoms with van der Waals surface area (Å²) in [4.78, 5) is 18.3. The van der Waals surface area contributed by atoms with Gasteiger partial charge < -0.3 is 15.7 Å². The predicted octanol–water partition coefficient (Wildman–Crippen LogP) is 4.48. The normalized spacial score (nSPS) is 16.1. The summed E-state index contributed by atoms with van der Waals surface area (Å²) >= 11 is 6.03. The van der Waals surface area contributed by atoms with E-state index < -0.39 is 5.97 Å². The van der Waals surface area contributed by atoms with Crippen molar-refractivity contribution >= 4 is 29.2 Å². The van der Waals surface area contributed by atoms with E-state index in [0.717, 1.165) is 19.2 Å². The molecule has 2 saturated carbocycles. The number of halogens is 1. The molecule has 1 aromatic carbocycles. The highest BCUT2D eigenvalue weighted by molar-refractivity contribution is 6.30. The summed E-state index contributed by atoms with van der Waals surface area (Å²) in [6.45, 7) is 1.97. The summed E-state index contributed by atoms with van der Waals surface area (Å²) in [5, 5.41) is 15.0. The molecule has 2 aromatic rings. The quantitative estimate of drug-likeness (QED) is 0.676. The molecule has 0 bridgehead atoms. The summed E-state index contributed by atoms with van der Waals surface area (Å²) in [6, 6.07) is 8.32. The van der Waals surface area contributed by atoms with Crippen LogP contribution in [0.15, 0.2) is 30.5 Å². The van der Waals surface area contributed by atoms with Gasteiger partial charge in [-0.2, -0.15) is 0 Å². The van der Waals surface area contributed by atoms with Crippen LogP contribution in [0.1, 0.15) is 56.2 Å². The number of carboxylic acid groups (broad SMARTS) is 1. The standard InChI is InChI=1S/C18H21ClN4.C2H4O2/c19-14-3-1-6-16(9-14)22-18-21-11-13(10-20-15-4-2-5-15)17(23-18)12-7-8-12;1-2(3)4/h1,3,6,9,11-12,15,20H,2,4-5,7-8,10H2,(H,21,22,23);1H3,(H,3,4). The van der Waals surface area contributed by atoms with E-state index in [0.29, 0.717) is 22.9 Å². The number of nitrogens with one attached hydrogen (secondary N) is 2. The van der Waals surface area contributed by atoms with Gasteiger partial charge in [0, 0.05) is 47.9 Å². The largest absolute Gasteiger partial charge is 0.481 e. The molecule has 0 saturated heterocycles. The second-order valence-corrected chi connectivity index (χ2v) is 7.48. The molecule has 3 N–H and O–H groups in total. The van der Waals surface area contributed by atoms with Crippen LogP contribution in [0.3, 0.4) is 0 Å². The van der Waals surface area contributed by atoms with Crippen LogP contribution < -0.4 is 10.6 Å². The molecule has 2 fully saturated rings. The third-order valence-electron chi connectivity index (χ3n) is 4.63. The number of aliphatic carboxylic acids is 1. The van der Waals surface area contributed by atoms with Crippen LogP contribution in [-0.4, -0.2) is 27.1 Å². The van der Waals surface area contributed by atoms with Crippen molar-refractivity contribution < 1.29 is 9.90 Å². The van der Waals surface area contributed by atoms with Crippen molar-refractivity contribution in [3.8, 4) is 0 Å². The molecule has 4 rings (SSSR count). The molecular formula is C20H25ClN4O2. The SMILES string of the molecule is CC(=O)O.Clc1cccc(Nc2ncc(CNC3CCC3)c(C3CC3)n2)c1. The third kappa shape index (κ3) is 6.19. The van der Waals surface area contributed by atoms with E-state index in [1.165, 1.54) is 43.4 Å². The number of carbonyl (C=O) groups is 1. The summed E-state index contributed by atoms with van der Waals surface area (Å²) in [5.74, 6) is 0.428. The minimum atomic E-state index is -0.833. The maximum Gasteiger partial charge on any atom is 0.300 e. The van der Waals surface area contributed by atoms with E-state index in [2.05, 4.69) is 15.6 Å². The van der Waals surface area contributed by atoms with Gasteiger partial charge in [-0.25, -0.2) is 9.97 Å². The van der Waals surface area contributed by atoms with Crippen molar-refractivity contribution in [1.82, 2.24) is 15.3 Å². The number of nitrogens with zero attached hydrogens (tertiary/aromatic N) is 2. The Morgan fingerprint density at radius 1 is 1.30 bits per heavy atom. The molecule has 27 heavy (non-hydrogen) atoms. The van der Waals surface area contributed by atoms with Gasteiger partial charge >= 0.3 is 0 Å². The molecule has 0 amide bonds. The van der Waals surface area contributed by atoms with Gasteiger partial charge in [0.1, 0.15) is 0 Å². The van der Waals surface area contributed by atoms with Crippen LogP contribution in [0.2, 0.25) is 5.02 Å². The summed E-state index contributed by atoms with van der Waals surface area (Å²) < 4.78 is 0. The molecule has 144 valence electrons. The lowest BCUT2D eigenvalue weighted by atomic mass is 9.93. The van der Waals surface area contributed by atoms with Gasteiger partial charge in [0.2, 0.25) is 5.95 Å². The van der Waals surface area contributed by atoms with Crippen LogP contribution in [-0.2, 0) is 11.3 Å². The molecule has 1 aromatic heterocycles. The Kier molecular flexibility index (Phi) is 6.63. The van der Waals surface area contributed by atoms with E-state index in [1.54, 1.807) is 0 Å². The van der Waals surface area contributed by atoms with Crippen molar-refractivity contribution in [3.05, 3.63) is 46.7 Å². The number of benzene rings is 1. The number of rotatable bonds is 6. The Morgan fingerprint density at radius 2 is 2.04 bits per heavy atom. The number of hydrogen-bond donors (Lipinski definition) is 3. The fraction of sp³-hybridized carbons (Fsp3) is 0.450. The highest BCUT2D eigenvalue weighted by atomic mass is 35.5. The van der Waals surface area contributed by atoms with E-state index >= 15 is 0 Å². The molecule has 0 unspecified atom stereocenters. The van der Waals surface area contributed by atoms with E-state index in [4.69, 9.17) is 26.5 Å². The smallest absolute Gasteiger partial charge is 0.300 e. The molecule has 0 radical (unpaired) electrons. The lowest BCUT2D eigenvalue weighted by molar-refractivity contribution is -0.134. The van der Waals surface area contributed by atoms with Gasteiger partial charge in [0.15, 0.2) is 0 Å². The lowest BCUT2D eigenvalue weighted by Crippen LogP contribution is -2.34. The second kappa shape index (κ2) is 9.15. The summed E-state index contributed by atoms with van der Waals surface area (Å²) in [7, 11) is 0. The molecule has 0 spiro atoms. The average molecular weight is 389 g/mol. The molecule has 0 aliphatic heterocycles. The minimum absolute atomic E-state index is 0.608. The van der Waals surface area contributed by atoms with Crippen LogP contribution in [0.5, 0.6) is 0 Å². The fourth-order valence-electron chi connectivity index (χ4n) is 2.89. The molecule has 6 nitrogen and oxygen atoms in total. The first-order valence-electron chi connectivity index (χ1n) is 9.32. The van der Waals surface area contributed by atoms with Gasteiger partial charge in [0.05, 0.1) is 5.69 Å². The van der Waals surface area contributed by atoms with Crippen molar-refractivity contribution in [2.24, 2.45) is 0 Å². The monoisotopic (exact) mass is 388 g/mol. The molecule has 1 heterocycles. The van der Waals surface area contributed by atoms with Gasteiger partial charge in [-0.05, 0) is 43.9 Å². The molecule has 2 aliphatic rings. The topological polar surface area (TPSA) is 87.1 Å². The highest BCUT2D eigenvalue weighted by Crippen LogP contribution is 2.41. The zero-order chi connectivity index (χ0) is 19.2. The number of aromatic nitrogens is 2. The molecule has 2 aliphatic carbocycles. The maximum atomic E-state index is 9.00. The first kappa shape index (κ1) is 19.6. The van der Waals surface area contributed by atoms with Crippen LogP contribution in [0.25, 0.3) is 0 Å². The van der Waals surface area contributed by atoms with Crippen LogP contribution >= 0.6 is 11.6 Å². The minimum Gasteiger partial charge on any atom is -0.481 e. The lowest BCUT2D eigenvalue weighted by Gasteiger charge is -2.26. The van der Waals surface area contributed by atoms with E-state index in [-0.39, 0.29) is 0 Å². The van der Waals surface area contributed by atoms with E-state index in [9.17, 15) is 0 Å². The first-order chi connectivity index (χ1) is 13.0. The average Bonchev–Trinajstić information content (AvgIpc) is 3.39. The Balaban J connectivity index is 0.000000481. The van der Waals surface area contributed by atoms with E-state index in [1.807, 2.05) is 30.5 Å². The molecular weight excluding hydrogens is 364 g/mol. The second-order valence-electron chi connectivity index (χ2n) is 7.04. The van der Waals surface area contributed by atoms with Crippen molar-refractivity contribution in [1.29, 1.82) is 0 Å². The fourth-order valence-corrected chi connectivity index (χ4v) is 3.08. The third-order valence-corrected chi connectivity index (χ3v) is 4.86. The molecule has 0 atom stereocenters. The Labute approximate surface area is 164 Å². The zero-order valence-electron chi connectivity index (χ0n) is 15.4. The highest BCUT2D eigenvalue weighted by Gasteiger charge is 2.28. The maximum absolute atomic E-state index is 9.00. The number of anilines is 2. The van der Waals surface area contributed by atoms with Crippen molar-refractivity contribution in [2.45, 2.75) is 57.5 Å². The first-order valence-corrected chi connectivity index (χ1v) is 9.70. The van der Waals surface area contributed by atoms with Gasteiger partial charge in [-0.1, -0.05) is 24.1 Å². The Bertz CT molecular complexity index is 787. The van der Waals surface area contributed by atoms with Gasteiger partial charge in [0.25, 0.3) is 5.97 Å². The molecule has 7 heteroatoms. The van der Waals surface area contributed by atoms with Gasteiger partial charge in [-0.15, -0.1) is 0 Å². The van der Waals surface area contributed by atoms with Gasteiger partial charge in [-0.3, -0.25) is 4.79 Å². The summed E-state index contributed by atoms with van der Waals surface area (Å²) in [6.07, 6.45) is 8.40.